The van der Waals surface area contributed by atoms with Crippen LogP contribution in [0.15, 0.2) is 0 Å². The van der Waals surface area contributed by atoms with Crippen LogP contribution in [0.3, 0.4) is 0 Å². The first-order chi connectivity index (χ1) is 21.8. The highest BCUT2D eigenvalue weighted by atomic mass is 32.2. The van der Waals surface area contributed by atoms with Crippen molar-refractivity contribution in [1.82, 2.24) is 0 Å². The highest BCUT2D eigenvalue weighted by Gasteiger charge is 2.54. The molecule has 0 aromatic heterocycles. The largest absolute Gasteiger partial charge is 0.394 e. The van der Waals surface area contributed by atoms with Crippen molar-refractivity contribution < 1.29 is 94.8 Å². The Labute approximate surface area is 271 Å². The van der Waals surface area contributed by atoms with Gasteiger partial charge in [0.05, 0.1) is 61.3 Å². The van der Waals surface area contributed by atoms with E-state index in [1.165, 1.54) is 7.11 Å². The van der Waals surface area contributed by atoms with E-state index in [-0.39, 0.29) is 0 Å². The van der Waals surface area contributed by atoms with Crippen LogP contribution >= 0.6 is 23.5 Å². The molecule has 0 bridgehead atoms. The zero-order valence-electron chi connectivity index (χ0n) is 24.5. The van der Waals surface area contributed by atoms with Gasteiger partial charge in [-0.15, -0.1) is 23.5 Å². The third kappa shape index (κ3) is 7.80. The van der Waals surface area contributed by atoms with Crippen LogP contribution in [-0.2, 0) is 28.4 Å². The molecule has 20 atom stereocenters. The van der Waals surface area contributed by atoms with Crippen molar-refractivity contribution in [1.29, 1.82) is 0 Å². The molecule has 0 aliphatic carbocycles. The lowest BCUT2D eigenvalue weighted by Gasteiger charge is -2.49. The van der Waals surface area contributed by atoms with E-state index in [9.17, 15) is 66.4 Å². The van der Waals surface area contributed by atoms with Gasteiger partial charge in [-0.05, 0) is 0 Å². The Morgan fingerprint density at radius 3 is 1.37 bits per heavy atom. The Morgan fingerprint density at radius 1 is 0.457 bits per heavy atom. The van der Waals surface area contributed by atoms with E-state index >= 15 is 0 Å². The number of thioether (sulfide) groups is 2. The molecule has 270 valence electrons. The van der Waals surface area contributed by atoms with Gasteiger partial charge in [0.25, 0.3) is 0 Å². The maximum absolute atomic E-state index is 11.0. The van der Waals surface area contributed by atoms with Crippen LogP contribution in [0.1, 0.15) is 0 Å². The molecule has 4 aliphatic heterocycles. The number of aliphatic hydroxyl groups excluding tert-OH is 13. The summed E-state index contributed by atoms with van der Waals surface area (Å²) in [7, 11) is 1.23. The van der Waals surface area contributed by atoms with Crippen molar-refractivity contribution >= 4 is 23.5 Å². The molecule has 0 amide bonds. The molecule has 4 rings (SSSR count). The van der Waals surface area contributed by atoms with Gasteiger partial charge in [-0.25, -0.2) is 0 Å². The lowest BCUT2D eigenvalue weighted by Crippen LogP contribution is -2.65. The summed E-state index contributed by atoms with van der Waals surface area (Å²) in [4.78, 5) is 0. The van der Waals surface area contributed by atoms with Gasteiger partial charge in [0.15, 0.2) is 12.6 Å². The first-order valence-electron chi connectivity index (χ1n) is 14.5. The third-order valence-corrected chi connectivity index (χ3v) is 11.5. The Morgan fingerprint density at radius 2 is 0.891 bits per heavy atom. The average Bonchev–Trinajstić information content (AvgIpc) is 3.05. The lowest BCUT2D eigenvalue weighted by molar-refractivity contribution is -0.320. The summed E-state index contributed by atoms with van der Waals surface area (Å²) in [6.07, 6.45) is -24.9. The zero-order chi connectivity index (χ0) is 34.0. The van der Waals surface area contributed by atoms with E-state index < -0.39 is 146 Å². The smallest absolute Gasteiger partial charge is 0.187 e. The molecule has 13 N–H and O–H groups in total. The Hall–Kier alpha value is -0.0600. The predicted molar refractivity (Wildman–Crippen MR) is 152 cm³/mol. The number of methoxy groups -OCH3 is 1. The second-order valence-electron chi connectivity index (χ2n) is 11.4. The van der Waals surface area contributed by atoms with Crippen molar-refractivity contribution in [2.45, 2.75) is 119 Å². The van der Waals surface area contributed by atoms with Crippen molar-refractivity contribution in [3.05, 3.63) is 0 Å². The predicted octanol–water partition coefficient (Wildman–Crippen LogP) is -7.66. The molecule has 0 saturated carbocycles. The zero-order valence-corrected chi connectivity index (χ0v) is 26.1. The minimum absolute atomic E-state index is 0.608. The third-order valence-electron chi connectivity index (χ3n) is 8.42. The summed E-state index contributed by atoms with van der Waals surface area (Å²) in [5, 5.41) is 132. The molecular formula is C25H44O19S2. The van der Waals surface area contributed by atoms with Crippen LogP contribution in [-0.4, -0.2) is 219 Å². The summed E-state index contributed by atoms with van der Waals surface area (Å²) in [5.74, 6) is 0. The fourth-order valence-corrected chi connectivity index (χ4v) is 8.70. The number of hydrogen-bond acceptors (Lipinski definition) is 21. The second-order valence-corrected chi connectivity index (χ2v) is 13.9. The first kappa shape index (κ1) is 38.7. The minimum atomic E-state index is -1.88. The summed E-state index contributed by atoms with van der Waals surface area (Å²) in [6.45, 7) is -2.87. The molecule has 4 aliphatic rings. The van der Waals surface area contributed by atoms with E-state index in [0.717, 1.165) is 0 Å². The number of rotatable bonds is 11. The summed E-state index contributed by atoms with van der Waals surface area (Å²) < 4.78 is 33.0. The molecule has 19 nitrogen and oxygen atoms in total. The van der Waals surface area contributed by atoms with Gasteiger partial charge < -0.3 is 94.8 Å². The lowest BCUT2D eigenvalue weighted by atomic mass is 9.98. The molecule has 0 aromatic rings. The van der Waals surface area contributed by atoms with Gasteiger partial charge in [0.2, 0.25) is 0 Å². The quantitative estimate of drug-likeness (QED) is 0.0946. The molecular weight excluding hydrogens is 668 g/mol. The molecule has 0 aromatic carbocycles. The van der Waals surface area contributed by atoms with E-state index in [2.05, 4.69) is 0 Å². The van der Waals surface area contributed by atoms with E-state index in [1.54, 1.807) is 0 Å². The first-order valence-corrected chi connectivity index (χ1v) is 16.4. The normalized spacial score (nSPS) is 52.0. The molecule has 21 heteroatoms. The van der Waals surface area contributed by atoms with Crippen LogP contribution in [0, 0.1) is 0 Å². The van der Waals surface area contributed by atoms with Gasteiger partial charge >= 0.3 is 0 Å². The van der Waals surface area contributed by atoms with E-state index in [0.29, 0.717) is 23.5 Å². The highest BCUT2D eigenvalue weighted by Crippen LogP contribution is 2.41. The summed E-state index contributed by atoms with van der Waals surface area (Å²) in [5.41, 5.74) is -2.70. The molecule has 4 saturated heterocycles. The summed E-state index contributed by atoms with van der Waals surface area (Å²) in [6, 6.07) is 0. The van der Waals surface area contributed by atoms with Crippen LogP contribution in [0.25, 0.3) is 0 Å². The van der Waals surface area contributed by atoms with Gasteiger partial charge in [-0.1, -0.05) is 0 Å². The molecule has 0 unspecified atom stereocenters. The molecule has 4 fully saturated rings. The minimum Gasteiger partial charge on any atom is -0.394 e. The molecule has 0 spiro atoms. The number of hydrogen-bond donors (Lipinski definition) is 13. The van der Waals surface area contributed by atoms with Crippen molar-refractivity contribution in [3.63, 3.8) is 0 Å². The maximum atomic E-state index is 11.0. The molecule has 46 heavy (non-hydrogen) atoms. The van der Waals surface area contributed by atoms with E-state index in [1.807, 2.05) is 0 Å². The number of ether oxygens (including phenoxy) is 6. The molecule has 4 heterocycles. The van der Waals surface area contributed by atoms with Gasteiger partial charge in [0, 0.05) is 7.11 Å². The Kier molecular flexibility index (Phi) is 14.1. The van der Waals surface area contributed by atoms with Crippen LogP contribution in [0.5, 0.6) is 0 Å². The monoisotopic (exact) mass is 712 g/mol. The van der Waals surface area contributed by atoms with E-state index in [4.69, 9.17) is 28.4 Å². The van der Waals surface area contributed by atoms with Crippen LogP contribution in [0.2, 0.25) is 0 Å². The standard InChI is InChI=1S/C25H44O19S2/c1-39-22-15(35)13(33)20(8(4-28)40-22)46-25-18(38)12(32)19(7(3-27)43-25)44-23-16(36)14(34)21(9(5-29)41-23)45-24-17(37)11(31)10(30)6(2-26)42-24/h6-38H,2-5H2,1H3/t6-,7-,8-,9-,10-,11+,12-,13-,14-,15-,16-,17-,18-,19-,20-,21-,22-,23+,24+,25+/m1/s1. The second kappa shape index (κ2) is 16.8. The fourth-order valence-electron chi connectivity index (χ4n) is 5.73. The average molecular weight is 713 g/mol. The molecule has 0 radical (unpaired) electrons. The van der Waals surface area contributed by atoms with Crippen molar-refractivity contribution in [2.75, 3.05) is 33.5 Å². The van der Waals surface area contributed by atoms with Crippen molar-refractivity contribution in [2.24, 2.45) is 0 Å². The van der Waals surface area contributed by atoms with Gasteiger partial charge in [-0.3, -0.25) is 0 Å². The topological polar surface area (TPSA) is 318 Å². The Balaban J connectivity index is 1.43. The highest BCUT2D eigenvalue weighted by molar-refractivity contribution is 8.00. The van der Waals surface area contributed by atoms with Gasteiger partial charge in [0.1, 0.15) is 71.9 Å². The summed E-state index contributed by atoms with van der Waals surface area (Å²) >= 11 is 1.37. The van der Waals surface area contributed by atoms with Crippen molar-refractivity contribution in [3.8, 4) is 0 Å². The fraction of sp³-hybridized carbons (Fsp3) is 1.00. The van der Waals surface area contributed by atoms with Gasteiger partial charge in [-0.2, -0.15) is 0 Å². The van der Waals surface area contributed by atoms with Crippen LogP contribution in [0.4, 0.5) is 0 Å². The SMILES string of the molecule is CO[C@@H]1O[C@H](CO)[C@@H](S[C@@H]2O[C@H](CO)[C@@H](O[C@@H]3O[C@H](CO)[C@@H](S[C@@H]4O[C@H](CO)[C@@H](O)[C@H](O)[C@H]4O)[C@H](O)[C@H]3O)[C@H](O)[C@H]2O)[C@H](O)[C@H]1O. The van der Waals surface area contributed by atoms with Crippen LogP contribution < -0.4 is 0 Å². The Bertz CT molecular complexity index is 936. The number of aliphatic hydroxyl groups is 13. The maximum Gasteiger partial charge on any atom is 0.187 e.